The van der Waals surface area contributed by atoms with Crippen LogP contribution in [-0.4, -0.2) is 27.7 Å². The molecule has 0 aliphatic heterocycles. The van der Waals surface area contributed by atoms with E-state index in [-0.39, 0.29) is 0 Å². The monoisotopic (exact) mass is 232 g/mol. The number of unbranched alkanes of at least 4 members (excludes halogenated alkanes) is 2. The van der Waals surface area contributed by atoms with Gasteiger partial charge in [-0.1, -0.05) is 25.8 Å². The van der Waals surface area contributed by atoms with Crippen LogP contribution in [-0.2, 0) is 6.42 Å². The summed E-state index contributed by atoms with van der Waals surface area (Å²) in [4.78, 5) is 0. The third-order valence-corrected chi connectivity index (χ3v) is 2.87. The molecule has 2 aromatic heterocycles. The second kappa shape index (κ2) is 6.35. The largest absolute Gasteiger partial charge is 0.316 e. The lowest BCUT2D eigenvalue weighted by atomic mass is 10.2. The van der Waals surface area contributed by atoms with Crippen molar-refractivity contribution < 1.29 is 0 Å². The first-order valence-electron chi connectivity index (χ1n) is 6.41. The van der Waals surface area contributed by atoms with Gasteiger partial charge in [0.1, 0.15) is 5.82 Å². The van der Waals surface area contributed by atoms with Crippen molar-refractivity contribution in [3.8, 4) is 0 Å². The summed E-state index contributed by atoms with van der Waals surface area (Å²) < 4.78 is 2.05. The first-order valence-corrected chi connectivity index (χ1v) is 6.41. The van der Waals surface area contributed by atoms with E-state index >= 15 is 0 Å². The summed E-state index contributed by atoms with van der Waals surface area (Å²) in [6.07, 6.45) is 6.79. The van der Waals surface area contributed by atoms with E-state index in [1.54, 1.807) is 0 Å². The minimum atomic E-state index is 0.925. The minimum absolute atomic E-state index is 0.925. The number of nitrogens with one attached hydrogen (secondary N) is 1. The van der Waals surface area contributed by atoms with Gasteiger partial charge in [-0.3, -0.25) is 4.40 Å². The highest BCUT2D eigenvalue weighted by Crippen LogP contribution is 2.02. The van der Waals surface area contributed by atoms with Crippen LogP contribution >= 0.6 is 0 Å². The molecule has 0 unspecified atom stereocenters. The Morgan fingerprint density at radius 1 is 1.18 bits per heavy atom. The lowest BCUT2D eigenvalue weighted by Crippen LogP contribution is -2.19. The van der Waals surface area contributed by atoms with Gasteiger partial charge in [0.2, 0.25) is 0 Å². The molecular weight excluding hydrogens is 212 g/mol. The Kier molecular flexibility index (Phi) is 4.50. The van der Waals surface area contributed by atoms with Crippen LogP contribution in [0.25, 0.3) is 5.65 Å². The Bertz CT molecular complexity index is 449. The molecule has 0 aliphatic carbocycles. The maximum absolute atomic E-state index is 4.20. The second-order valence-corrected chi connectivity index (χ2v) is 4.25. The SMILES string of the molecule is CCCCCNCCc1nnc2ccccn12. The predicted molar refractivity (Wildman–Crippen MR) is 69.1 cm³/mol. The zero-order chi connectivity index (χ0) is 11.9. The van der Waals surface area contributed by atoms with Crippen molar-refractivity contribution in [2.24, 2.45) is 0 Å². The molecule has 17 heavy (non-hydrogen) atoms. The summed E-state index contributed by atoms with van der Waals surface area (Å²) in [5.74, 6) is 1.03. The summed E-state index contributed by atoms with van der Waals surface area (Å²) in [6.45, 7) is 4.30. The Hall–Kier alpha value is -1.42. The Balaban J connectivity index is 1.79. The Morgan fingerprint density at radius 2 is 2.12 bits per heavy atom. The molecule has 0 aromatic carbocycles. The Morgan fingerprint density at radius 3 is 3.00 bits per heavy atom. The van der Waals surface area contributed by atoms with Crippen molar-refractivity contribution in [3.05, 3.63) is 30.2 Å². The molecule has 0 saturated heterocycles. The third-order valence-electron chi connectivity index (χ3n) is 2.87. The highest BCUT2D eigenvalue weighted by molar-refractivity contribution is 5.36. The van der Waals surface area contributed by atoms with Gasteiger partial charge < -0.3 is 5.32 Å². The summed E-state index contributed by atoms with van der Waals surface area (Å²) in [7, 11) is 0. The summed E-state index contributed by atoms with van der Waals surface area (Å²) in [6, 6.07) is 5.97. The van der Waals surface area contributed by atoms with E-state index in [0.717, 1.165) is 31.0 Å². The van der Waals surface area contributed by atoms with Gasteiger partial charge in [0.05, 0.1) is 0 Å². The van der Waals surface area contributed by atoms with Gasteiger partial charge in [-0.05, 0) is 25.1 Å². The zero-order valence-corrected chi connectivity index (χ0v) is 10.4. The van der Waals surface area contributed by atoms with Gasteiger partial charge in [-0.15, -0.1) is 10.2 Å². The number of fused-ring (bicyclic) bond motifs is 1. The van der Waals surface area contributed by atoms with Gasteiger partial charge in [0, 0.05) is 19.2 Å². The highest BCUT2D eigenvalue weighted by atomic mass is 15.2. The van der Waals surface area contributed by atoms with Crippen molar-refractivity contribution >= 4 is 5.65 Å². The molecule has 0 atom stereocenters. The minimum Gasteiger partial charge on any atom is -0.316 e. The Labute approximate surface area is 102 Å². The molecule has 4 heteroatoms. The molecule has 0 aliphatic rings. The van der Waals surface area contributed by atoms with Crippen molar-refractivity contribution in [3.63, 3.8) is 0 Å². The molecule has 1 N–H and O–H groups in total. The first kappa shape index (κ1) is 12.0. The van der Waals surface area contributed by atoms with E-state index in [1.165, 1.54) is 19.3 Å². The summed E-state index contributed by atoms with van der Waals surface area (Å²) in [5, 5.41) is 11.8. The standard InChI is InChI=1S/C13H20N4/c1-2-3-5-9-14-10-8-13-16-15-12-7-4-6-11-17(12)13/h4,6-7,11,14H,2-3,5,8-10H2,1H3. The van der Waals surface area contributed by atoms with E-state index in [4.69, 9.17) is 0 Å². The number of rotatable bonds is 7. The average molecular weight is 232 g/mol. The molecule has 4 nitrogen and oxygen atoms in total. The second-order valence-electron chi connectivity index (χ2n) is 4.25. The molecule has 0 amide bonds. The van der Waals surface area contributed by atoms with Gasteiger partial charge in [-0.25, -0.2) is 0 Å². The van der Waals surface area contributed by atoms with E-state index in [9.17, 15) is 0 Å². The van der Waals surface area contributed by atoms with Crippen LogP contribution in [0.3, 0.4) is 0 Å². The van der Waals surface area contributed by atoms with E-state index in [2.05, 4.69) is 22.4 Å². The molecule has 2 rings (SSSR count). The van der Waals surface area contributed by atoms with Gasteiger partial charge in [0.25, 0.3) is 0 Å². The fourth-order valence-electron chi connectivity index (χ4n) is 1.89. The van der Waals surface area contributed by atoms with E-state index < -0.39 is 0 Å². The molecular formula is C13H20N4. The quantitative estimate of drug-likeness (QED) is 0.743. The molecule has 92 valence electrons. The normalized spacial score (nSPS) is 11.1. The fourth-order valence-corrected chi connectivity index (χ4v) is 1.89. The van der Waals surface area contributed by atoms with Gasteiger partial charge >= 0.3 is 0 Å². The summed E-state index contributed by atoms with van der Waals surface area (Å²) in [5.41, 5.74) is 0.925. The molecule has 0 spiro atoms. The lowest BCUT2D eigenvalue weighted by Gasteiger charge is -2.03. The van der Waals surface area contributed by atoms with Crippen molar-refractivity contribution in [2.75, 3.05) is 13.1 Å². The van der Waals surface area contributed by atoms with Crippen LogP contribution < -0.4 is 5.32 Å². The lowest BCUT2D eigenvalue weighted by molar-refractivity contribution is 0.609. The number of nitrogens with zero attached hydrogens (tertiary/aromatic N) is 3. The number of pyridine rings is 1. The molecule has 0 saturated carbocycles. The number of hydrogen-bond acceptors (Lipinski definition) is 3. The molecule has 0 fully saturated rings. The van der Waals surface area contributed by atoms with Crippen LogP contribution in [0.1, 0.15) is 32.0 Å². The molecule has 2 heterocycles. The molecule has 0 bridgehead atoms. The predicted octanol–water partition coefficient (Wildman–Crippen LogP) is 2.05. The van der Waals surface area contributed by atoms with Crippen molar-refractivity contribution in [2.45, 2.75) is 32.6 Å². The topological polar surface area (TPSA) is 42.2 Å². The average Bonchev–Trinajstić information content (AvgIpc) is 2.77. The van der Waals surface area contributed by atoms with Crippen LogP contribution in [0.5, 0.6) is 0 Å². The fraction of sp³-hybridized carbons (Fsp3) is 0.538. The zero-order valence-electron chi connectivity index (χ0n) is 10.4. The van der Waals surface area contributed by atoms with E-state index in [1.807, 2.05) is 28.8 Å². The van der Waals surface area contributed by atoms with Crippen LogP contribution in [0.15, 0.2) is 24.4 Å². The smallest absolute Gasteiger partial charge is 0.160 e. The molecule has 2 aromatic rings. The number of aromatic nitrogens is 3. The highest BCUT2D eigenvalue weighted by Gasteiger charge is 2.02. The molecule has 0 radical (unpaired) electrons. The van der Waals surface area contributed by atoms with Crippen LogP contribution in [0.2, 0.25) is 0 Å². The van der Waals surface area contributed by atoms with Gasteiger partial charge in [0.15, 0.2) is 5.65 Å². The van der Waals surface area contributed by atoms with E-state index in [0.29, 0.717) is 0 Å². The maximum atomic E-state index is 4.20. The van der Waals surface area contributed by atoms with Gasteiger partial charge in [-0.2, -0.15) is 0 Å². The van der Waals surface area contributed by atoms with Crippen LogP contribution in [0, 0.1) is 0 Å². The van der Waals surface area contributed by atoms with Crippen LogP contribution in [0.4, 0.5) is 0 Å². The first-order chi connectivity index (χ1) is 8.42. The third kappa shape index (κ3) is 3.27. The van der Waals surface area contributed by atoms with Crippen molar-refractivity contribution in [1.29, 1.82) is 0 Å². The summed E-state index contributed by atoms with van der Waals surface area (Å²) >= 11 is 0. The van der Waals surface area contributed by atoms with Crippen molar-refractivity contribution in [1.82, 2.24) is 19.9 Å². The number of hydrogen-bond donors (Lipinski definition) is 1. The maximum Gasteiger partial charge on any atom is 0.160 e.